The Morgan fingerprint density at radius 3 is 2.55 bits per heavy atom. The number of carbonyl (C=O) groups is 1. The monoisotopic (exact) mass is 436 g/mol. The molecule has 0 amide bonds. The maximum absolute atomic E-state index is 13.3. The minimum atomic E-state index is -2.65. The van der Waals surface area contributed by atoms with Gasteiger partial charge in [0.2, 0.25) is 0 Å². The third-order valence-corrected chi connectivity index (χ3v) is 9.31. The molecule has 5 atom stereocenters. The fraction of sp³-hybridized carbons (Fsp3) is 0.840. The summed E-state index contributed by atoms with van der Waals surface area (Å²) in [5.41, 5.74) is -1.73. The highest BCUT2D eigenvalue weighted by Gasteiger charge is 2.56. The molecule has 3 saturated carbocycles. The van der Waals surface area contributed by atoms with E-state index >= 15 is 0 Å². The number of halogens is 2. The Hall–Kier alpha value is -1.30. The van der Waals surface area contributed by atoms with E-state index in [9.17, 15) is 18.7 Å². The van der Waals surface area contributed by atoms with Crippen LogP contribution in [-0.2, 0) is 11.3 Å². The maximum atomic E-state index is 13.3. The van der Waals surface area contributed by atoms with Crippen LogP contribution in [-0.4, -0.2) is 32.5 Å². The number of rotatable bonds is 7. The van der Waals surface area contributed by atoms with Gasteiger partial charge in [0.05, 0.1) is 12.9 Å². The Morgan fingerprint density at radius 1 is 1.19 bits per heavy atom. The number of hydrogen-bond donors (Lipinski definition) is 1. The van der Waals surface area contributed by atoms with Crippen molar-refractivity contribution in [2.75, 3.05) is 0 Å². The molecule has 0 saturated heterocycles. The summed E-state index contributed by atoms with van der Waals surface area (Å²) in [5.74, 6) is 2.52. The Kier molecular flexibility index (Phi) is 6.58. The summed E-state index contributed by atoms with van der Waals surface area (Å²) in [4.78, 5) is 17.3. The molecule has 0 aliphatic heterocycles. The van der Waals surface area contributed by atoms with Crippen molar-refractivity contribution in [1.82, 2.24) is 9.55 Å². The molecule has 0 radical (unpaired) electrons. The van der Waals surface area contributed by atoms with Crippen LogP contribution in [0.4, 0.5) is 8.78 Å². The summed E-state index contributed by atoms with van der Waals surface area (Å²) in [6.07, 6.45) is 11.0. The van der Waals surface area contributed by atoms with E-state index in [-0.39, 0.29) is 24.2 Å². The molecule has 4 rings (SSSR count). The van der Waals surface area contributed by atoms with Crippen LogP contribution in [0.1, 0.15) is 78.1 Å². The molecule has 174 valence electrons. The number of ketones is 1. The average Bonchev–Trinajstić information content (AvgIpc) is 3.36. The van der Waals surface area contributed by atoms with Crippen molar-refractivity contribution in [3.63, 3.8) is 0 Å². The fourth-order valence-corrected chi connectivity index (χ4v) is 7.64. The number of aliphatic hydroxyl groups is 1. The Bertz CT molecular complexity index is 745. The molecule has 6 heteroatoms. The lowest BCUT2D eigenvalue weighted by atomic mass is 9.53. The summed E-state index contributed by atoms with van der Waals surface area (Å²) >= 11 is 0. The van der Waals surface area contributed by atoms with Crippen LogP contribution in [0.25, 0.3) is 0 Å². The first-order valence-electron chi connectivity index (χ1n) is 12.3. The van der Waals surface area contributed by atoms with Crippen molar-refractivity contribution in [1.29, 1.82) is 0 Å². The van der Waals surface area contributed by atoms with Crippen molar-refractivity contribution in [3.8, 4) is 0 Å². The summed E-state index contributed by atoms with van der Waals surface area (Å²) in [5, 5.41) is 10.2. The van der Waals surface area contributed by atoms with Crippen molar-refractivity contribution >= 4 is 5.78 Å². The van der Waals surface area contributed by atoms with E-state index in [1.54, 1.807) is 12.5 Å². The van der Waals surface area contributed by atoms with Gasteiger partial charge in [-0.25, -0.2) is 13.8 Å². The minimum Gasteiger partial charge on any atom is -0.384 e. The SMILES string of the molecule is CCC[C@@H]1[C@@H](C2CCC(O)(C(F)F)CC2)CC[C@]2(C)[C@@H](C(=O)Cn3ccnc3)CC[C@@H]12. The molecule has 1 N–H and O–H groups in total. The number of Topliss-reactive ketones (excluding diaryl/α,β-unsaturated/α-hetero) is 1. The molecule has 0 bridgehead atoms. The van der Waals surface area contributed by atoms with Gasteiger partial charge >= 0.3 is 0 Å². The zero-order chi connectivity index (χ0) is 22.2. The van der Waals surface area contributed by atoms with E-state index in [1.807, 2.05) is 10.8 Å². The molecule has 0 spiro atoms. The molecule has 1 aromatic heterocycles. The van der Waals surface area contributed by atoms with Crippen LogP contribution in [0.15, 0.2) is 18.7 Å². The third-order valence-electron chi connectivity index (χ3n) is 9.31. The standard InChI is InChI=1S/C25H38F2N2O2/c1-3-4-19-18(17-7-11-25(31,12-8-17)23(26)27)9-10-24(2)20(19)5-6-21(24)22(30)15-29-14-13-28-16-29/h13-14,16-21,23,31H,3-12,15H2,1-2H3/t17?,18-,19-,20+,21-,24+,25?/m1/s1. The van der Waals surface area contributed by atoms with Gasteiger partial charge in [-0.3, -0.25) is 4.79 Å². The zero-order valence-electron chi connectivity index (χ0n) is 19.0. The minimum absolute atomic E-state index is 0.0480. The predicted octanol–water partition coefficient (Wildman–Crippen LogP) is 5.50. The number of alkyl halides is 2. The number of aromatic nitrogens is 2. The van der Waals surface area contributed by atoms with Gasteiger partial charge in [-0.1, -0.05) is 26.7 Å². The number of hydrogen-bond acceptors (Lipinski definition) is 3. The molecule has 1 aromatic rings. The predicted molar refractivity (Wildman–Crippen MR) is 116 cm³/mol. The number of nitrogens with zero attached hydrogens (tertiary/aromatic N) is 2. The first-order valence-corrected chi connectivity index (χ1v) is 12.3. The quantitative estimate of drug-likeness (QED) is 0.614. The molecular weight excluding hydrogens is 398 g/mol. The summed E-state index contributed by atoms with van der Waals surface area (Å²) in [7, 11) is 0. The van der Waals surface area contributed by atoms with Gasteiger partial charge < -0.3 is 9.67 Å². The highest BCUT2D eigenvalue weighted by atomic mass is 19.3. The molecule has 31 heavy (non-hydrogen) atoms. The van der Waals surface area contributed by atoms with E-state index in [4.69, 9.17) is 0 Å². The van der Waals surface area contributed by atoms with Crippen LogP contribution in [0.2, 0.25) is 0 Å². The number of fused-ring (bicyclic) bond motifs is 1. The lowest BCUT2D eigenvalue weighted by Gasteiger charge is -2.52. The van der Waals surface area contributed by atoms with E-state index < -0.39 is 12.0 Å². The summed E-state index contributed by atoms with van der Waals surface area (Å²) in [6.45, 7) is 4.98. The highest BCUT2D eigenvalue weighted by molar-refractivity contribution is 5.82. The van der Waals surface area contributed by atoms with E-state index in [2.05, 4.69) is 18.8 Å². The second-order valence-electron chi connectivity index (χ2n) is 10.8. The van der Waals surface area contributed by atoms with Crippen LogP contribution in [0.3, 0.4) is 0 Å². The fourth-order valence-electron chi connectivity index (χ4n) is 7.64. The Balaban J connectivity index is 1.47. The Labute approximate surface area is 184 Å². The van der Waals surface area contributed by atoms with Crippen molar-refractivity contribution in [2.24, 2.45) is 35.0 Å². The normalized spacial score (nSPS) is 40.8. The highest BCUT2D eigenvalue weighted by Crippen LogP contribution is 2.62. The molecule has 3 aliphatic carbocycles. The van der Waals surface area contributed by atoms with Crippen LogP contribution < -0.4 is 0 Å². The number of imidazole rings is 1. The molecule has 3 fully saturated rings. The van der Waals surface area contributed by atoms with Gasteiger partial charge in [-0.05, 0) is 80.5 Å². The third kappa shape index (κ3) is 4.21. The first kappa shape index (κ1) is 22.9. The lowest BCUT2D eigenvalue weighted by molar-refractivity contribution is -0.135. The number of carbonyl (C=O) groups excluding carboxylic acids is 1. The van der Waals surface area contributed by atoms with Gasteiger partial charge in [0, 0.05) is 18.3 Å². The molecule has 3 aliphatic rings. The Morgan fingerprint density at radius 2 is 1.94 bits per heavy atom. The van der Waals surface area contributed by atoms with E-state index in [1.165, 1.54) is 0 Å². The van der Waals surface area contributed by atoms with Gasteiger partial charge in [-0.15, -0.1) is 0 Å². The smallest absolute Gasteiger partial charge is 0.266 e. The average molecular weight is 437 g/mol. The van der Waals surface area contributed by atoms with Crippen LogP contribution in [0.5, 0.6) is 0 Å². The zero-order valence-corrected chi connectivity index (χ0v) is 19.0. The molecule has 1 heterocycles. The maximum Gasteiger partial charge on any atom is 0.266 e. The van der Waals surface area contributed by atoms with Crippen molar-refractivity contribution in [3.05, 3.63) is 18.7 Å². The van der Waals surface area contributed by atoms with Crippen molar-refractivity contribution < 1.29 is 18.7 Å². The lowest BCUT2D eigenvalue weighted by Crippen LogP contribution is -2.48. The van der Waals surface area contributed by atoms with Gasteiger partial charge in [-0.2, -0.15) is 0 Å². The molecule has 0 unspecified atom stereocenters. The topological polar surface area (TPSA) is 55.1 Å². The van der Waals surface area contributed by atoms with E-state index in [0.29, 0.717) is 48.8 Å². The van der Waals surface area contributed by atoms with Gasteiger partial charge in [0.15, 0.2) is 5.78 Å². The van der Waals surface area contributed by atoms with Gasteiger partial charge in [0.1, 0.15) is 5.60 Å². The molecule has 4 nitrogen and oxygen atoms in total. The largest absolute Gasteiger partial charge is 0.384 e. The van der Waals surface area contributed by atoms with Crippen LogP contribution in [0, 0.1) is 35.0 Å². The molecule has 0 aromatic carbocycles. The molecular formula is C25H38F2N2O2. The second kappa shape index (κ2) is 8.92. The second-order valence-corrected chi connectivity index (χ2v) is 10.8. The first-order chi connectivity index (χ1) is 14.8. The summed E-state index contributed by atoms with van der Waals surface area (Å²) in [6, 6.07) is 0. The van der Waals surface area contributed by atoms with Crippen LogP contribution >= 0.6 is 0 Å². The van der Waals surface area contributed by atoms with Crippen molar-refractivity contribution in [2.45, 2.75) is 96.6 Å². The summed E-state index contributed by atoms with van der Waals surface area (Å²) < 4.78 is 28.4. The van der Waals surface area contributed by atoms with Gasteiger partial charge in [0.25, 0.3) is 6.43 Å². The van der Waals surface area contributed by atoms with E-state index in [0.717, 1.165) is 38.5 Å².